The molecule has 2 saturated heterocycles. The van der Waals surface area contributed by atoms with Crippen molar-refractivity contribution in [2.45, 2.75) is 37.8 Å². The molecule has 2 heterocycles. The van der Waals surface area contributed by atoms with E-state index in [1.807, 2.05) is 0 Å². The van der Waals surface area contributed by atoms with Crippen LogP contribution in [0.5, 0.6) is 0 Å². The third-order valence-electron chi connectivity index (χ3n) is 4.85. The largest absolute Gasteiger partial charge is 0.328 e. The maximum Gasteiger partial charge on any atom is 0.234 e. The number of nitrogens with zero attached hydrogens (tertiary/aromatic N) is 2. The van der Waals surface area contributed by atoms with Gasteiger partial charge < -0.3 is 5.73 Å². The van der Waals surface area contributed by atoms with Gasteiger partial charge in [-0.25, -0.2) is 0 Å². The fourth-order valence-electron chi connectivity index (χ4n) is 3.77. The van der Waals surface area contributed by atoms with E-state index in [2.05, 4.69) is 4.90 Å². The molecular weight excluding hydrogens is 230 g/mol. The van der Waals surface area contributed by atoms with E-state index in [0.29, 0.717) is 12.1 Å². The molecule has 0 bridgehead atoms. The molecule has 3 fully saturated rings. The van der Waals surface area contributed by atoms with Crippen molar-refractivity contribution in [3.05, 3.63) is 0 Å². The van der Waals surface area contributed by atoms with E-state index in [9.17, 15) is 9.59 Å². The fourth-order valence-corrected chi connectivity index (χ4v) is 3.77. The van der Waals surface area contributed by atoms with Crippen LogP contribution in [0.25, 0.3) is 0 Å². The molecule has 0 aromatic rings. The van der Waals surface area contributed by atoms with Crippen LogP contribution in [0.1, 0.15) is 25.7 Å². The summed E-state index contributed by atoms with van der Waals surface area (Å²) in [5.74, 6) is -0.179. The molecule has 0 radical (unpaired) electrons. The predicted octanol–water partition coefficient (Wildman–Crippen LogP) is -0.197. The quantitative estimate of drug-likeness (QED) is 0.656. The number of imide groups is 1. The number of carbonyl (C=O) groups is 2. The van der Waals surface area contributed by atoms with Crippen LogP contribution in [-0.4, -0.2) is 53.8 Å². The molecule has 1 saturated carbocycles. The lowest BCUT2D eigenvalue weighted by atomic mass is 9.90. The van der Waals surface area contributed by atoms with Gasteiger partial charge >= 0.3 is 0 Å². The zero-order chi connectivity index (χ0) is 12.9. The number of nitrogens with two attached hydrogens (primary N) is 1. The van der Waals surface area contributed by atoms with Crippen molar-refractivity contribution in [1.29, 1.82) is 0 Å². The van der Waals surface area contributed by atoms with Crippen molar-refractivity contribution in [2.24, 2.45) is 17.6 Å². The van der Waals surface area contributed by atoms with Gasteiger partial charge in [0.1, 0.15) is 0 Å². The van der Waals surface area contributed by atoms with E-state index < -0.39 is 0 Å². The molecule has 0 aromatic carbocycles. The van der Waals surface area contributed by atoms with E-state index in [1.54, 1.807) is 7.05 Å². The molecule has 1 aliphatic carbocycles. The smallest absolute Gasteiger partial charge is 0.234 e. The summed E-state index contributed by atoms with van der Waals surface area (Å²) in [7, 11) is 1.60. The van der Waals surface area contributed by atoms with Crippen LogP contribution in [-0.2, 0) is 9.59 Å². The van der Waals surface area contributed by atoms with Gasteiger partial charge in [-0.2, -0.15) is 0 Å². The van der Waals surface area contributed by atoms with Crippen LogP contribution >= 0.6 is 0 Å². The molecule has 2 amide bonds. The van der Waals surface area contributed by atoms with E-state index in [0.717, 1.165) is 32.4 Å². The van der Waals surface area contributed by atoms with E-state index in [4.69, 9.17) is 5.73 Å². The Bertz CT molecular complexity index is 360. The molecule has 3 rings (SSSR count). The van der Waals surface area contributed by atoms with E-state index >= 15 is 0 Å². The maximum absolute atomic E-state index is 11.9. The first kappa shape index (κ1) is 12.1. The van der Waals surface area contributed by atoms with Crippen molar-refractivity contribution in [3.8, 4) is 0 Å². The minimum Gasteiger partial charge on any atom is -0.328 e. The Labute approximate surface area is 107 Å². The molecule has 4 unspecified atom stereocenters. The molecule has 2 aliphatic heterocycles. The molecule has 5 nitrogen and oxygen atoms in total. The minimum absolute atomic E-state index is 0.00704. The first-order chi connectivity index (χ1) is 8.58. The van der Waals surface area contributed by atoms with E-state index in [-0.39, 0.29) is 23.7 Å². The normalized spacial score (nSPS) is 41.6. The lowest BCUT2D eigenvalue weighted by molar-refractivity contribution is -0.139. The van der Waals surface area contributed by atoms with Gasteiger partial charge in [0.2, 0.25) is 11.8 Å². The van der Waals surface area contributed by atoms with Crippen molar-refractivity contribution < 1.29 is 9.59 Å². The summed E-state index contributed by atoms with van der Waals surface area (Å²) in [5.41, 5.74) is 6.02. The summed E-state index contributed by atoms with van der Waals surface area (Å²) < 4.78 is 0. The van der Waals surface area contributed by atoms with Crippen LogP contribution in [0.15, 0.2) is 0 Å². The number of fused-ring (bicyclic) bond motifs is 1. The Kier molecular flexibility index (Phi) is 2.90. The number of likely N-dealkylation sites (tertiary alicyclic amines) is 2. The highest BCUT2D eigenvalue weighted by atomic mass is 16.2. The molecule has 0 spiro atoms. The number of hydrogen-bond acceptors (Lipinski definition) is 4. The van der Waals surface area contributed by atoms with Gasteiger partial charge in [-0.05, 0) is 19.3 Å². The minimum atomic E-state index is -0.0966. The maximum atomic E-state index is 11.9. The Morgan fingerprint density at radius 1 is 1.11 bits per heavy atom. The summed E-state index contributed by atoms with van der Waals surface area (Å²) in [4.78, 5) is 27.5. The standard InChI is InChI=1S/C13H21N3O2/c1-15-12(17)10-6-16(7-11(10)13(15)18)9-4-2-3-8(14)5-9/h8-11H,2-7,14H2,1H3. The van der Waals surface area contributed by atoms with Gasteiger partial charge in [-0.1, -0.05) is 6.42 Å². The Morgan fingerprint density at radius 2 is 1.72 bits per heavy atom. The van der Waals surface area contributed by atoms with Gasteiger partial charge in [0.05, 0.1) is 11.8 Å². The van der Waals surface area contributed by atoms with Gasteiger partial charge in [-0.3, -0.25) is 19.4 Å². The van der Waals surface area contributed by atoms with Crippen molar-refractivity contribution in [1.82, 2.24) is 9.80 Å². The van der Waals surface area contributed by atoms with Gasteiger partial charge in [0.15, 0.2) is 0 Å². The predicted molar refractivity (Wildman–Crippen MR) is 66.6 cm³/mol. The van der Waals surface area contributed by atoms with Crippen molar-refractivity contribution in [2.75, 3.05) is 20.1 Å². The molecule has 4 atom stereocenters. The summed E-state index contributed by atoms with van der Waals surface area (Å²) in [6.07, 6.45) is 4.44. The Morgan fingerprint density at radius 3 is 2.28 bits per heavy atom. The second-order valence-electron chi connectivity index (χ2n) is 5.98. The Balaban J connectivity index is 1.69. The number of rotatable bonds is 1. The summed E-state index contributed by atoms with van der Waals surface area (Å²) >= 11 is 0. The summed E-state index contributed by atoms with van der Waals surface area (Å²) in [6, 6.07) is 0.767. The third-order valence-corrected chi connectivity index (χ3v) is 4.85. The second kappa shape index (κ2) is 4.31. The molecule has 2 N–H and O–H groups in total. The first-order valence-electron chi connectivity index (χ1n) is 6.89. The third kappa shape index (κ3) is 1.77. The molecule has 18 heavy (non-hydrogen) atoms. The zero-order valence-corrected chi connectivity index (χ0v) is 10.8. The summed E-state index contributed by atoms with van der Waals surface area (Å²) in [5, 5.41) is 0. The van der Waals surface area contributed by atoms with E-state index in [1.165, 1.54) is 11.3 Å². The SMILES string of the molecule is CN1C(=O)C2CN(C3CCCC(N)C3)CC2C1=O. The molecule has 3 aliphatic rings. The Hall–Kier alpha value is -0.940. The van der Waals surface area contributed by atoms with Crippen LogP contribution in [0.4, 0.5) is 0 Å². The van der Waals surface area contributed by atoms with Gasteiger partial charge in [-0.15, -0.1) is 0 Å². The summed E-state index contributed by atoms with van der Waals surface area (Å²) in [6.45, 7) is 1.49. The molecule has 100 valence electrons. The van der Waals surface area contributed by atoms with Gasteiger partial charge in [0.25, 0.3) is 0 Å². The highest BCUT2D eigenvalue weighted by Gasteiger charge is 2.52. The monoisotopic (exact) mass is 251 g/mol. The topological polar surface area (TPSA) is 66.6 Å². The first-order valence-corrected chi connectivity index (χ1v) is 6.89. The van der Waals surface area contributed by atoms with Crippen LogP contribution < -0.4 is 5.73 Å². The average Bonchev–Trinajstić information content (AvgIpc) is 2.87. The highest BCUT2D eigenvalue weighted by molar-refractivity contribution is 6.05. The lowest BCUT2D eigenvalue weighted by Crippen LogP contribution is -2.43. The van der Waals surface area contributed by atoms with Crippen molar-refractivity contribution >= 4 is 11.8 Å². The fraction of sp³-hybridized carbons (Fsp3) is 0.846. The molecule has 5 heteroatoms. The van der Waals surface area contributed by atoms with Crippen molar-refractivity contribution in [3.63, 3.8) is 0 Å². The van der Waals surface area contributed by atoms with Crippen LogP contribution in [0.3, 0.4) is 0 Å². The number of carbonyl (C=O) groups excluding carboxylic acids is 2. The highest BCUT2D eigenvalue weighted by Crippen LogP contribution is 2.36. The lowest BCUT2D eigenvalue weighted by Gasteiger charge is -2.34. The zero-order valence-electron chi connectivity index (χ0n) is 10.8. The van der Waals surface area contributed by atoms with Crippen LogP contribution in [0.2, 0.25) is 0 Å². The molecular formula is C13H21N3O2. The average molecular weight is 251 g/mol. The van der Waals surface area contributed by atoms with Crippen LogP contribution in [0, 0.1) is 11.8 Å². The van der Waals surface area contributed by atoms with Gasteiger partial charge in [0, 0.05) is 32.2 Å². The second-order valence-corrected chi connectivity index (χ2v) is 5.98. The number of hydrogen-bond donors (Lipinski definition) is 1. The number of amides is 2. The molecule has 0 aromatic heterocycles.